The lowest BCUT2D eigenvalue weighted by molar-refractivity contribution is 0.218. The normalized spacial score (nSPS) is 19.0. The van der Waals surface area contributed by atoms with E-state index in [1.54, 1.807) is 0 Å². The number of nitrogens with one attached hydrogen (secondary N) is 1. The Hall–Kier alpha value is -0.500. The van der Waals surface area contributed by atoms with Crippen molar-refractivity contribution in [3.8, 4) is 0 Å². The van der Waals surface area contributed by atoms with E-state index in [1.807, 2.05) is 13.3 Å². The molecule has 1 aliphatic heterocycles. The van der Waals surface area contributed by atoms with Crippen LogP contribution in [-0.4, -0.2) is 19.7 Å². The molecule has 0 aliphatic carbocycles. The lowest BCUT2D eigenvalue weighted by Gasteiger charge is -2.23. The molecule has 2 nitrogen and oxygen atoms in total. The highest BCUT2D eigenvalue weighted by Crippen LogP contribution is 2.20. The van der Waals surface area contributed by atoms with Gasteiger partial charge in [0, 0.05) is 6.04 Å². The molecule has 1 atom stereocenters. The van der Waals surface area contributed by atoms with Crippen molar-refractivity contribution in [2.24, 2.45) is 5.92 Å². The summed E-state index contributed by atoms with van der Waals surface area (Å²) in [5, 5.41) is 3.38. The number of hydrogen-bond acceptors (Lipinski definition) is 2. The van der Waals surface area contributed by atoms with Crippen molar-refractivity contribution >= 4 is 0 Å². The highest BCUT2D eigenvalue weighted by molar-refractivity contribution is 5.09. The van der Waals surface area contributed by atoms with Crippen LogP contribution in [0.2, 0.25) is 0 Å². The minimum Gasteiger partial charge on any atom is -0.501 e. The zero-order chi connectivity index (χ0) is 10.4. The van der Waals surface area contributed by atoms with E-state index >= 15 is 0 Å². The van der Waals surface area contributed by atoms with Crippen LogP contribution in [0.3, 0.4) is 0 Å². The maximum atomic E-state index is 5.37. The molecule has 0 spiro atoms. The quantitative estimate of drug-likeness (QED) is 0.731. The Bertz CT molecular complexity index is 187. The molecule has 1 aliphatic rings. The average molecular weight is 197 g/mol. The topological polar surface area (TPSA) is 21.3 Å². The molecule has 0 radical (unpaired) electrons. The third-order valence-corrected chi connectivity index (χ3v) is 2.79. The molecule has 0 saturated heterocycles. The van der Waals surface area contributed by atoms with Gasteiger partial charge < -0.3 is 10.1 Å². The third kappa shape index (κ3) is 3.70. The van der Waals surface area contributed by atoms with Gasteiger partial charge in [-0.1, -0.05) is 13.8 Å². The molecule has 0 bridgehead atoms. The molecule has 0 aromatic heterocycles. The summed E-state index contributed by atoms with van der Waals surface area (Å²) in [6, 6.07) is 0.526. The first-order valence-corrected chi connectivity index (χ1v) is 5.72. The zero-order valence-electron chi connectivity index (χ0n) is 9.68. The van der Waals surface area contributed by atoms with E-state index in [1.165, 1.54) is 31.3 Å². The summed E-state index contributed by atoms with van der Waals surface area (Å²) in [5.41, 5.74) is 1.44. The van der Waals surface area contributed by atoms with Crippen molar-refractivity contribution in [3.05, 3.63) is 11.8 Å². The lowest BCUT2D eigenvalue weighted by Crippen LogP contribution is -2.29. The van der Waals surface area contributed by atoms with Gasteiger partial charge in [-0.25, -0.2) is 0 Å². The number of hydrogen-bond donors (Lipinski definition) is 1. The van der Waals surface area contributed by atoms with Gasteiger partial charge in [0.25, 0.3) is 0 Å². The molecule has 0 aromatic rings. The van der Waals surface area contributed by atoms with Crippen molar-refractivity contribution in [2.45, 2.75) is 45.6 Å². The second kappa shape index (κ2) is 6.07. The summed E-state index contributed by atoms with van der Waals surface area (Å²) in [4.78, 5) is 0. The van der Waals surface area contributed by atoms with Crippen molar-refractivity contribution in [1.29, 1.82) is 0 Å². The van der Waals surface area contributed by atoms with Gasteiger partial charge in [-0.2, -0.15) is 0 Å². The van der Waals surface area contributed by atoms with Crippen molar-refractivity contribution < 1.29 is 4.74 Å². The molecule has 0 fully saturated rings. The molecular weight excluding hydrogens is 174 g/mol. The molecule has 0 aromatic carbocycles. The van der Waals surface area contributed by atoms with Crippen LogP contribution in [0.1, 0.15) is 39.5 Å². The van der Waals surface area contributed by atoms with Crippen molar-refractivity contribution in [3.63, 3.8) is 0 Å². The van der Waals surface area contributed by atoms with Crippen LogP contribution in [-0.2, 0) is 4.74 Å². The molecule has 2 heteroatoms. The van der Waals surface area contributed by atoms with E-state index in [0.29, 0.717) is 6.04 Å². The monoisotopic (exact) mass is 197 g/mol. The molecule has 1 heterocycles. The first kappa shape index (κ1) is 11.6. The van der Waals surface area contributed by atoms with E-state index < -0.39 is 0 Å². The maximum Gasteiger partial charge on any atom is 0.0876 e. The summed E-state index contributed by atoms with van der Waals surface area (Å²) in [6.45, 7) is 5.45. The van der Waals surface area contributed by atoms with Gasteiger partial charge in [0.15, 0.2) is 0 Å². The second-order valence-corrected chi connectivity index (χ2v) is 4.48. The fraction of sp³-hybridized carbons (Fsp3) is 0.833. The first-order chi connectivity index (χ1) is 6.74. The smallest absolute Gasteiger partial charge is 0.0876 e. The Balaban J connectivity index is 2.39. The summed E-state index contributed by atoms with van der Waals surface area (Å²) >= 11 is 0. The molecule has 1 rings (SSSR count). The van der Waals surface area contributed by atoms with Gasteiger partial charge in [-0.15, -0.1) is 0 Å². The van der Waals surface area contributed by atoms with Gasteiger partial charge in [0.05, 0.1) is 12.9 Å². The van der Waals surface area contributed by atoms with Crippen LogP contribution in [0, 0.1) is 5.92 Å². The van der Waals surface area contributed by atoms with Gasteiger partial charge in [-0.3, -0.25) is 0 Å². The Morgan fingerprint density at radius 2 is 2.21 bits per heavy atom. The van der Waals surface area contributed by atoms with E-state index in [4.69, 9.17) is 4.74 Å². The SMILES string of the molecule is CNC(CCC(C)C)C1=COCCC1. The van der Waals surface area contributed by atoms with Crippen LogP contribution in [0.4, 0.5) is 0 Å². The first-order valence-electron chi connectivity index (χ1n) is 5.72. The fourth-order valence-corrected chi connectivity index (χ4v) is 1.86. The lowest BCUT2D eigenvalue weighted by atomic mass is 9.95. The molecule has 0 amide bonds. The van der Waals surface area contributed by atoms with E-state index in [9.17, 15) is 0 Å². The van der Waals surface area contributed by atoms with Gasteiger partial charge in [0.1, 0.15) is 0 Å². The van der Waals surface area contributed by atoms with Crippen LogP contribution in [0.15, 0.2) is 11.8 Å². The van der Waals surface area contributed by atoms with E-state index in [2.05, 4.69) is 19.2 Å². The number of ether oxygens (including phenoxy) is 1. The average Bonchev–Trinajstić information content (AvgIpc) is 2.20. The maximum absolute atomic E-state index is 5.37. The highest BCUT2D eigenvalue weighted by Gasteiger charge is 2.15. The number of likely N-dealkylation sites (N-methyl/N-ethyl adjacent to an activating group) is 1. The van der Waals surface area contributed by atoms with Crippen LogP contribution < -0.4 is 5.32 Å². The van der Waals surface area contributed by atoms with Crippen molar-refractivity contribution in [1.82, 2.24) is 5.32 Å². The van der Waals surface area contributed by atoms with Crippen LogP contribution in [0.5, 0.6) is 0 Å². The fourth-order valence-electron chi connectivity index (χ4n) is 1.86. The molecule has 1 N–H and O–H groups in total. The summed E-state index contributed by atoms with van der Waals surface area (Å²) in [7, 11) is 2.04. The standard InChI is InChI=1S/C12H23NO/c1-10(2)6-7-12(13-3)11-5-4-8-14-9-11/h9-10,12-13H,4-8H2,1-3H3. The predicted octanol–water partition coefficient (Wildman–Crippen LogP) is 2.70. The minimum atomic E-state index is 0.526. The second-order valence-electron chi connectivity index (χ2n) is 4.48. The van der Waals surface area contributed by atoms with E-state index in [-0.39, 0.29) is 0 Å². The van der Waals surface area contributed by atoms with Crippen LogP contribution >= 0.6 is 0 Å². The summed E-state index contributed by atoms with van der Waals surface area (Å²) in [6.07, 6.45) is 6.84. The predicted molar refractivity (Wildman–Crippen MR) is 60.2 cm³/mol. The van der Waals surface area contributed by atoms with E-state index in [0.717, 1.165) is 12.5 Å². The van der Waals surface area contributed by atoms with Crippen molar-refractivity contribution in [2.75, 3.05) is 13.7 Å². The minimum absolute atomic E-state index is 0.526. The third-order valence-electron chi connectivity index (χ3n) is 2.79. The Morgan fingerprint density at radius 1 is 1.43 bits per heavy atom. The summed E-state index contributed by atoms with van der Waals surface area (Å²) in [5.74, 6) is 0.788. The highest BCUT2D eigenvalue weighted by atomic mass is 16.5. The Kier molecular flexibility index (Phi) is 5.02. The molecule has 1 unspecified atom stereocenters. The Morgan fingerprint density at radius 3 is 2.71 bits per heavy atom. The molecular formula is C12H23NO. The van der Waals surface area contributed by atoms with Gasteiger partial charge in [0.2, 0.25) is 0 Å². The molecule has 14 heavy (non-hydrogen) atoms. The summed E-state index contributed by atoms with van der Waals surface area (Å²) < 4.78 is 5.37. The molecule has 0 saturated carbocycles. The van der Waals surface area contributed by atoms with Gasteiger partial charge in [-0.05, 0) is 44.2 Å². The van der Waals surface area contributed by atoms with Crippen LogP contribution in [0.25, 0.3) is 0 Å². The largest absolute Gasteiger partial charge is 0.501 e. The Labute approximate surface area is 87.7 Å². The zero-order valence-corrected chi connectivity index (χ0v) is 9.68. The molecule has 82 valence electrons. The number of rotatable bonds is 5. The van der Waals surface area contributed by atoms with Gasteiger partial charge >= 0.3 is 0 Å².